The highest BCUT2D eigenvalue weighted by Crippen LogP contribution is 2.21. The van der Waals surface area contributed by atoms with Crippen LogP contribution in [-0.4, -0.2) is 34.9 Å². The van der Waals surface area contributed by atoms with Gasteiger partial charge in [0.1, 0.15) is 0 Å². The van der Waals surface area contributed by atoms with Gasteiger partial charge in [-0.3, -0.25) is 9.78 Å². The summed E-state index contributed by atoms with van der Waals surface area (Å²) in [7, 11) is 0. The molecule has 0 spiro atoms. The number of hydrogen-bond donors (Lipinski definition) is 1. The maximum Gasteiger partial charge on any atom is 0.255 e. The molecule has 4 nitrogen and oxygen atoms in total. The highest BCUT2D eigenvalue weighted by molar-refractivity contribution is 9.10. The summed E-state index contributed by atoms with van der Waals surface area (Å²) in [6.45, 7) is 3.62. The molecule has 0 radical (unpaired) electrons. The van der Waals surface area contributed by atoms with Crippen molar-refractivity contribution in [3.05, 3.63) is 28.5 Å². The largest absolute Gasteiger partial charge is 0.339 e. The summed E-state index contributed by atoms with van der Waals surface area (Å²) in [6.07, 6.45) is 5.28. The quantitative estimate of drug-likeness (QED) is 0.909. The normalized spacial score (nSPS) is 18.7. The van der Waals surface area contributed by atoms with Crippen LogP contribution in [0.3, 0.4) is 0 Å². The van der Waals surface area contributed by atoms with E-state index in [-0.39, 0.29) is 11.9 Å². The predicted octanol–water partition coefficient (Wildman–Crippen LogP) is 2.04. The topological polar surface area (TPSA) is 59.2 Å². The van der Waals surface area contributed by atoms with Crippen molar-refractivity contribution in [1.29, 1.82) is 0 Å². The summed E-state index contributed by atoms with van der Waals surface area (Å²) in [5.74, 6) is 0.599. The Kier molecular flexibility index (Phi) is 4.35. The number of rotatable bonds is 2. The number of piperidine rings is 1. The van der Waals surface area contributed by atoms with E-state index < -0.39 is 0 Å². The van der Waals surface area contributed by atoms with E-state index in [9.17, 15) is 4.79 Å². The molecule has 1 saturated heterocycles. The summed E-state index contributed by atoms with van der Waals surface area (Å²) >= 11 is 3.33. The fraction of sp³-hybridized carbons (Fsp3) is 0.538. The Balaban J connectivity index is 1.99. The second-order valence-corrected chi connectivity index (χ2v) is 5.80. The van der Waals surface area contributed by atoms with Gasteiger partial charge >= 0.3 is 0 Å². The number of likely N-dealkylation sites (tertiary alicyclic amines) is 1. The van der Waals surface area contributed by atoms with Gasteiger partial charge in [-0.15, -0.1) is 0 Å². The van der Waals surface area contributed by atoms with Crippen molar-refractivity contribution in [3.8, 4) is 0 Å². The zero-order valence-electron chi connectivity index (χ0n) is 10.5. The van der Waals surface area contributed by atoms with Gasteiger partial charge in [-0.25, -0.2) is 0 Å². The van der Waals surface area contributed by atoms with Crippen LogP contribution in [0.2, 0.25) is 0 Å². The second kappa shape index (κ2) is 5.80. The van der Waals surface area contributed by atoms with E-state index >= 15 is 0 Å². The molecular weight excluding hydrogens is 294 g/mol. The first-order chi connectivity index (χ1) is 8.58. The molecule has 1 amide bonds. The molecule has 0 saturated carbocycles. The van der Waals surface area contributed by atoms with Gasteiger partial charge in [-0.2, -0.15) is 0 Å². The minimum Gasteiger partial charge on any atom is -0.339 e. The standard InChI is InChI=1S/C13H18BrN3O/c1-9(15)10-2-4-17(5-3-10)13(18)11-6-12(14)8-16-7-11/h6-10H,2-5,15H2,1H3. The number of carbonyl (C=O) groups excluding carboxylic acids is 1. The van der Waals surface area contributed by atoms with Crippen LogP contribution in [-0.2, 0) is 0 Å². The van der Waals surface area contributed by atoms with Gasteiger partial charge in [0.15, 0.2) is 0 Å². The molecule has 98 valence electrons. The molecule has 18 heavy (non-hydrogen) atoms. The van der Waals surface area contributed by atoms with E-state index in [0.29, 0.717) is 11.5 Å². The van der Waals surface area contributed by atoms with Crippen molar-refractivity contribution in [2.24, 2.45) is 11.7 Å². The lowest BCUT2D eigenvalue weighted by Gasteiger charge is -2.33. The smallest absolute Gasteiger partial charge is 0.255 e. The summed E-state index contributed by atoms with van der Waals surface area (Å²) in [4.78, 5) is 18.2. The molecule has 1 fully saturated rings. The van der Waals surface area contributed by atoms with E-state index in [4.69, 9.17) is 5.73 Å². The molecule has 1 aliphatic heterocycles. The molecule has 0 aliphatic carbocycles. The fourth-order valence-electron chi connectivity index (χ4n) is 2.34. The van der Waals surface area contributed by atoms with Gasteiger partial charge in [0, 0.05) is 36.0 Å². The number of amides is 1. The van der Waals surface area contributed by atoms with Crippen molar-refractivity contribution >= 4 is 21.8 Å². The second-order valence-electron chi connectivity index (χ2n) is 4.88. The van der Waals surface area contributed by atoms with Crippen molar-refractivity contribution in [2.75, 3.05) is 13.1 Å². The monoisotopic (exact) mass is 311 g/mol. The number of nitrogens with zero attached hydrogens (tertiary/aromatic N) is 2. The Bertz CT molecular complexity index is 428. The Hall–Kier alpha value is -0.940. The molecule has 1 aromatic heterocycles. The zero-order valence-corrected chi connectivity index (χ0v) is 12.1. The zero-order chi connectivity index (χ0) is 13.1. The van der Waals surface area contributed by atoms with Crippen molar-refractivity contribution in [3.63, 3.8) is 0 Å². The van der Waals surface area contributed by atoms with E-state index in [2.05, 4.69) is 20.9 Å². The average molecular weight is 312 g/mol. The minimum atomic E-state index is 0.0620. The van der Waals surface area contributed by atoms with Gasteiger partial charge in [0.05, 0.1) is 5.56 Å². The van der Waals surface area contributed by atoms with E-state index in [0.717, 1.165) is 30.4 Å². The fourth-order valence-corrected chi connectivity index (χ4v) is 2.70. The van der Waals surface area contributed by atoms with Gasteiger partial charge in [-0.1, -0.05) is 0 Å². The molecule has 1 aromatic rings. The van der Waals surface area contributed by atoms with Crippen LogP contribution < -0.4 is 5.73 Å². The Labute approximate surface area is 116 Å². The number of hydrogen-bond acceptors (Lipinski definition) is 3. The maximum absolute atomic E-state index is 12.3. The van der Waals surface area contributed by atoms with Crippen LogP contribution in [0.25, 0.3) is 0 Å². The third-order valence-electron chi connectivity index (χ3n) is 3.52. The molecule has 1 atom stereocenters. The third-order valence-corrected chi connectivity index (χ3v) is 3.96. The number of carbonyl (C=O) groups is 1. The van der Waals surface area contributed by atoms with Crippen LogP contribution in [0.5, 0.6) is 0 Å². The summed E-state index contributed by atoms with van der Waals surface area (Å²) in [5, 5.41) is 0. The summed E-state index contributed by atoms with van der Waals surface area (Å²) in [5.41, 5.74) is 6.54. The van der Waals surface area contributed by atoms with Crippen LogP contribution in [0.15, 0.2) is 22.9 Å². The minimum absolute atomic E-state index is 0.0620. The first kappa shape index (κ1) is 13.5. The number of nitrogens with two attached hydrogens (primary N) is 1. The summed E-state index contributed by atoms with van der Waals surface area (Å²) in [6, 6.07) is 2.03. The van der Waals surface area contributed by atoms with Crippen LogP contribution in [0.4, 0.5) is 0 Å². The van der Waals surface area contributed by atoms with Crippen molar-refractivity contribution in [1.82, 2.24) is 9.88 Å². The van der Waals surface area contributed by atoms with E-state index in [1.807, 2.05) is 17.9 Å². The number of halogens is 1. The Morgan fingerprint density at radius 1 is 1.50 bits per heavy atom. The lowest BCUT2D eigenvalue weighted by molar-refractivity contribution is 0.0680. The molecule has 1 aliphatic rings. The molecule has 2 heterocycles. The third kappa shape index (κ3) is 3.09. The van der Waals surface area contributed by atoms with Crippen molar-refractivity contribution in [2.45, 2.75) is 25.8 Å². The van der Waals surface area contributed by atoms with Gasteiger partial charge < -0.3 is 10.6 Å². The number of aromatic nitrogens is 1. The van der Waals surface area contributed by atoms with Crippen LogP contribution >= 0.6 is 15.9 Å². The lowest BCUT2D eigenvalue weighted by Crippen LogP contribution is -2.42. The predicted molar refractivity (Wildman–Crippen MR) is 74.2 cm³/mol. The molecule has 2 N–H and O–H groups in total. The van der Waals surface area contributed by atoms with E-state index in [1.165, 1.54) is 0 Å². The highest BCUT2D eigenvalue weighted by atomic mass is 79.9. The first-order valence-corrected chi connectivity index (χ1v) is 7.02. The first-order valence-electron chi connectivity index (χ1n) is 6.23. The summed E-state index contributed by atoms with van der Waals surface area (Å²) < 4.78 is 0.832. The SMILES string of the molecule is CC(N)C1CCN(C(=O)c2cncc(Br)c2)CC1. The van der Waals surface area contributed by atoms with Crippen LogP contribution in [0.1, 0.15) is 30.1 Å². The molecular formula is C13H18BrN3O. The highest BCUT2D eigenvalue weighted by Gasteiger charge is 2.25. The van der Waals surface area contributed by atoms with E-state index in [1.54, 1.807) is 12.4 Å². The Morgan fingerprint density at radius 2 is 2.17 bits per heavy atom. The molecule has 5 heteroatoms. The van der Waals surface area contributed by atoms with Gasteiger partial charge in [0.2, 0.25) is 0 Å². The van der Waals surface area contributed by atoms with Gasteiger partial charge in [-0.05, 0) is 47.7 Å². The molecule has 2 rings (SSSR count). The molecule has 1 unspecified atom stereocenters. The average Bonchev–Trinajstić information content (AvgIpc) is 2.38. The number of pyridine rings is 1. The maximum atomic E-state index is 12.3. The molecule has 0 aromatic carbocycles. The lowest BCUT2D eigenvalue weighted by atomic mass is 9.91. The van der Waals surface area contributed by atoms with Crippen molar-refractivity contribution < 1.29 is 4.79 Å². The Morgan fingerprint density at radius 3 is 2.72 bits per heavy atom. The van der Waals surface area contributed by atoms with Crippen LogP contribution in [0, 0.1) is 5.92 Å². The molecule has 0 bridgehead atoms. The van der Waals surface area contributed by atoms with Gasteiger partial charge in [0.25, 0.3) is 5.91 Å².